The lowest BCUT2D eigenvalue weighted by Crippen LogP contribution is -2.39. The van der Waals surface area contributed by atoms with Crippen molar-refractivity contribution in [1.82, 2.24) is 0 Å². The Morgan fingerprint density at radius 2 is 2.00 bits per heavy atom. The molecule has 0 heterocycles. The molecule has 0 aliphatic carbocycles. The third kappa shape index (κ3) is 3.40. The van der Waals surface area contributed by atoms with E-state index in [0.717, 1.165) is 11.3 Å². The van der Waals surface area contributed by atoms with Crippen LogP contribution >= 0.6 is 11.6 Å². The summed E-state index contributed by atoms with van der Waals surface area (Å²) in [6, 6.07) is 12.4. The zero-order valence-corrected chi connectivity index (χ0v) is 13.2. The van der Waals surface area contributed by atoms with Gasteiger partial charge in [0.25, 0.3) is 5.91 Å². The number of rotatable bonds is 5. The number of carbonyl (C=O) groups excluding carboxylic acids is 1. The summed E-state index contributed by atoms with van der Waals surface area (Å²) in [7, 11) is 0. The van der Waals surface area contributed by atoms with Gasteiger partial charge in [-0.25, -0.2) is 0 Å². The molecule has 0 aliphatic heterocycles. The van der Waals surface area contributed by atoms with Crippen LogP contribution in [0.1, 0.15) is 23.6 Å². The molecule has 0 aliphatic rings. The summed E-state index contributed by atoms with van der Waals surface area (Å²) in [6.07, 6.45) is 0. The second-order valence-electron chi connectivity index (χ2n) is 5.29. The molecule has 1 atom stereocenters. The van der Waals surface area contributed by atoms with E-state index in [0.29, 0.717) is 16.1 Å². The van der Waals surface area contributed by atoms with Crippen LogP contribution in [0.5, 0.6) is 5.75 Å². The van der Waals surface area contributed by atoms with E-state index in [1.807, 2.05) is 31.2 Å². The average molecular weight is 320 g/mol. The highest BCUT2D eigenvalue weighted by Gasteiger charge is 2.32. The number of aliphatic hydroxyl groups is 1. The Hall–Kier alpha value is -2.04. The van der Waals surface area contributed by atoms with Gasteiger partial charge < -0.3 is 15.6 Å². The van der Waals surface area contributed by atoms with Crippen molar-refractivity contribution in [2.75, 3.05) is 0 Å². The third-order valence-electron chi connectivity index (χ3n) is 3.55. The molecule has 0 saturated carbocycles. The summed E-state index contributed by atoms with van der Waals surface area (Å²) in [5.41, 5.74) is 5.49. The van der Waals surface area contributed by atoms with E-state index in [1.165, 1.54) is 6.92 Å². The summed E-state index contributed by atoms with van der Waals surface area (Å²) in [4.78, 5) is 11.5. The van der Waals surface area contributed by atoms with Gasteiger partial charge in [0.05, 0.1) is 0 Å². The van der Waals surface area contributed by atoms with Crippen molar-refractivity contribution >= 4 is 17.5 Å². The molecule has 0 bridgehead atoms. The van der Waals surface area contributed by atoms with E-state index in [1.54, 1.807) is 18.2 Å². The molecule has 0 saturated heterocycles. The number of primary amides is 1. The van der Waals surface area contributed by atoms with Gasteiger partial charge in [-0.15, -0.1) is 0 Å². The molecule has 5 heteroatoms. The van der Waals surface area contributed by atoms with Crippen molar-refractivity contribution in [1.29, 1.82) is 0 Å². The van der Waals surface area contributed by atoms with Crippen LogP contribution in [0.2, 0.25) is 5.02 Å². The smallest absolute Gasteiger partial charge is 0.253 e. The Kier molecular flexibility index (Phi) is 4.74. The summed E-state index contributed by atoms with van der Waals surface area (Å²) in [5.74, 6) is -0.0980. The molecule has 0 radical (unpaired) electrons. The Balaban J connectivity index is 2.33. The number of para-hydroxylation sites is 1. The molecule has 1 amide bonds. The molecule has 116 valence electrons. The lowest BCUT2D eigenvalue weighted by atomic mass is 9.91. The Morgan fingerprint density at radius 3 is 2.64 bits per heavy atom. The van der Waals surface area contributed by atoms with Crippen molar-refractivity contribution in [2.24, 2.45) is 5.73 Å². The van der Waals surface area contributed by atoms with Gasteiger partial charge in [0.1, 0.15) is 12.4 Å². The molecular formula is C17H18ClNO3. The first kappa shape index (κ1) is 16.3. The highest BCUT2D eigenvalue weighted by atomic mass is 35.5. The maximum atomic E-state index is 11.5. The number of ether oxygens (including phenoxy) is 1. The topological polar surface area (TPSA) is 72.6 Å². The van der Waals surface area contributed by atoms with E-state index < -0.39 is 11.5 Å². The van der Waals surface area contributed by atoms with Crippen molar-refractivity contribution in [3.05, 3.63) is 64.2 Å². The number of hydrogen-bond donors (Lipinski definition) is 2. The van der Waals surface area contributed by atoms with Crippen LogP contribution in [-0.2, 0) is 17.0 Å². The van der Waals surface area contributed by atoms with E-state index in [4.69, 9.17) is 22.1 Å². The van der Waals surface area contributed by atoms with Crippen LogP contribution in [0, 0.1) is 6.92 Å². The summed E-state index contributed by atoms with van der Waals surface area (Å²) < 4.78 is 5.77. The summed E-state index contributed by atoms with van der Waals surface area (Å²) in [5, 5.41) is 10.8. The van der Waals surface area contributed by atoms with Crippen LogP contribution in [0.4, 0.5) is 0 Å². The monoisotopic (exact) mass is 319 g/mol. The average Bonchev–Trinajstić information content (AvgIpc) is 2.46. The van der Waals surface area contributed by atoms with Gasteiger partial charge in [0.2, 0.25) is 0 Å². The standard InChI is InChI=1S/C17H18ClNO3/c1-11-5-3-4-6-15(11)22-10-12-9-13(18)7-8-14(12)17(2,21)16(19)20/h3-9,21H,10H2,1-2H3,(H2,19,20). The van der Waals surface area contributed by atoms with Gasteiger partial charge >= 0.3 is 0 Å². The minimum atomic E-state index is -1.78. The lowest BCUT2D eigenvalue weighted by molar-refractivity contribution is -0.135. The van der Waals surface area contributed by atoms with Gasteiger partial charge in [-0.05, 0) is 48.7 Å². The van der Waals surface area contributed by atoms with E-state index in [9.17, 15) is 9.90 Å². The quantitative estimate of drug-likeness (QED) is 0.890. The molecular weight excluding hydrogens is 302 g/mol. The zero-order valence-electron chi connectivity index (χ0n) is 12.5. The first-order valence-corrected chi connectivity index (χ1v) is 7.20. The van der Waals surface area contributed by atoms with Gasteiger partial charge in [-0.1, -0.05) is 35.9 Å². The van der Waals surface area contributed by atoms with Crippen molar-refractivity contribution in [3.8, 4) is 5.75 Å². The van der Waals surface area contributed by atoms with E-state index in [-0.39, 0.29) is 6.61 Å². The second-order valence-corrected chi connectivity index (χ2v) is 5.73. The van der Waals surface area contributed by atoms with Crippen molar-refractivity contribution in [3.63, 3.8) is 0 Å². The minimum absolute atomic E-state index is 0.171. The molecule has 0 fully saturated rings. The van der Waals surface area contributed by atoms with Crippen LogP contribution < -0.4 is 10.5 Å². The molecule has 0 aromatic heterocycles. The van der Waals surface area contributed by atoms with Crippen LogP contribution in [0.15, 0.2) is 42.5 Å². The molecule has 4 nitrogen and oxygen atoms in total. The molecule has 3 N–H and O–H groups in total. The normalized spacial score (nSPS) is 13.5. The first-order valence-electron chi connectivity index (χ1n) is 6.82. The summed E-state index contributed by atoms with van der Waals surface area (Å²) >= 11 is 6.01. The number of carbonyl (C=O) groups is 1. The molecule has 2 aromatic rings. The number of benzene rings is 2. The fraction of sp³-hybridized carbons (Fsp3) is 0.235. The second kappa shape index (κ2) is 6.38. The van der Waals surface area contributed by atoms with E-state index >= 15 is 0 Å². The molecule has 1 unspecified atom stereocenters. The van der Waals surface area contributed by atoms with Crippen LogP contribution in [-0.4, -0.2) is 11.0 Å². The van der Waals surface area contributed by atoms with Gasteiger partial charge in [-0.3, -0.25) is 4.79 Å². The predicted molar refractivity (Wildman–Crippen MR) is 85.7 cm³/mol. The van der Waals surface area contributed by atoms with Crippen molar-refractivity contribution < 1.29 is 14.6 Å². The molecule has 0 spiro atoms. The fourth-order valence-electron chi connectivity index (χ4n) is 2.16. The number of amides is 1. The fourth-order valence-corrected chi connectivity index (χ4v) is 2.36. The number of hydrogen-bond acceptors (Lipinski definition) is 3. The molecule has 2 aromatic carbocycles. The number of halogens is 1. The zero-order chi connectivity index (χ0) is 16.3. The third-order valence-corrected chi connectivity index (χ3v) is 3.78. The van der Waals surface area contributed by atoms with E-state index in [2.05, 4.69) is 0 Å². The van der Waals surface area contributed by atoms with Crippen molar-refractivity contribution in [2.45, 2.75) is 26.1 Å². The van der Waals surface area contributed by atoms with Gasteiger partial charge in [-0.2, -0.15) is 0 Å². The Labute approximate surface area is 134 Å². The Morgan fingerprint density at radius 1 is 1.32 bits per heavy atom. The Bertz CT molecular complexity index is 698. The molecule has 22 heavy (non-hydrogen) atoms. The van der Waals surface area contributed by atoms with Gasteiger partial charge in [0.15, 0.2) is 5.60 Å². The minimum Gasteiger partial charge on any atom is -0.489 e. The SMILES string of the molecule is Cc1ccccc1OCc1cc(Cl)ccc1C(C)(O)C(N)=O. The number of aryl methyl sites for hydroxylation is 1. The van der Waals surface area contributed by atoms with Crippen LogP contribution in [0.3, 0.4) is 0 Å². The highest BCUT2D eigenvalue weighted by molar-refractivity contribution is 6.30. The lowest BCUT2D eigenvalue weighted by Gasteiger charge is -2.23. The number of nitrogens with two attached hydrogens (primary N) is 1. The largest absolute Gasteiger partial charge is 0.489 e. The van der Waals surface area contributed by atoms with Gasteiger partial charge in [0, 0.05) is 5.02 Å². The maximum absolute atomic E-state index is 11.5. The summed E-state index contributed by atoms with van der Waals surface area (Å²) in [6.45, 7) is 3.47. The van der Waals surface area contributed by atoms with Crippen LogP contribution in [0.25, 0.3) is 0 Å². The highest BCUT2D eigenvalue weighted by Crippen LogP contribution is 2.28. The maximum Gasteiger partial charge on any atom is 0.253 e. The predicted octanol–water partition coefficient (Wildman–Crippen LogP) is 2.92. The molecule has 2 rings (SSSR count). The first-order chi connectivity index (χ1) is 10.3.